The highest BCUT2D eigenvalue weighted by atomic mass is 16.2. The molecule has 0 bridgehead atoms. The number of carbonyl (C=O) groups is 1. The third-order valence-electron chi connectivity index (χ3n) is 2.77. The number of anilines is 2. The third kappa shape index (κ3) is 2.10. The molecule has 1 aromatic rings. The Kier molecular flexibility index (Phi) is 2.99. The Bertz CT molecular complexity index is 390. The standard InChI is InChI=1S/C12H17N3O/c1-14(2)12(16)9-15-8-7-13-10-5-3-4-6-11(10)15/h3-6,13H,7-9H2,1-2H3. The number of carbonyl (C=O) groups excluding carboxylic acids is 1. The van der Waals surface area contributed by atoms with E-state index in [1.165, 1.54) is 0 Å². The van der Waals surface area contributed by atoms with E-state index in [0.29, 0.717) is 6.54 Å². The lowest BCUT2D eigenvalue weighted by atomic mass is 10.2. The van der Waals surface area contributed by atoms with Crippen LogP contribution in [0, 0.1) is 0 Å². The lowest BCUT2D eigenvalue weighted by molar-refractivity contribution is -0.127. The van der Waals surface area contributed by atoms with Crippen molar-refractivity contribution in [3.8, 4) is 0 Å². The van der Waals surface area contributed by atoms with Crippen molar-refractivity contribution in [3.63, 3.8) is 0 Å². The van der Waals surface area contributed by atoms with Gasteiger partial charge in [-0.2, -0.15) is 0 Å². The number of likely N-dealkylation sites (N-methyl/N-ethyl adjacent to an activating group) is 1. The number of nitrogens with zero attached hydrogens (tertiary/aromatic N) is 2. The zero-order valence-electron chi connectivity index (χ0n) is 9.73. The van der Waals surface area contributed by atoms with Gasteiger partial charge in [-0.15, -0.1) is 0 Å². The van der Waals surface area contributed by atoms with Crippen molar-refractivity contribution in [3.05, 3.63) is 24.3 Å². The van der Waals surface area contributed by atoms with Crippen LogP contribution in [-0.2, 0) is 4.79 Å². The summed E-state index contributed by atoms with van der Waals surface area (Å²) in [5, 5.41) is 3.33. The topological polar surface area (TPSA) is 35.6 Å². The minimum atomic E-state index is 0.136. The highest BCUT2D eigenvalue weighted by molar-refractivity contribution is 5.83. The maximum absolute atomic E-state index is 11.7. The maximum atomic E-state index is 11.7. The quantitative estimate of drug-likeness (QED) is 0.806. The minimum absolute atomic E-state index is 0.136. The maximum Gasteiger partial charge on any atom is 0.241 e. The Morgan fingerprint density at radius 2 is 2.19 bits per heavy atom. The molecule has 0 aliphatic carbocycles. The molecule has 16 heavy (non-hydrogen) atoms. The van der Waals surface area contributed by atoms with Crippen LogP contribution in [0.4, 0.5) is 11.4 Å². The second-order valence-electron chi connectivity index (χ2n) is 4.15. The van der Waals surface area contributed by atoms with Crippen LogP contribution in [-0.4, -0.2) is 44.5 Å². The number of hydrogen-bond acceptors (Lipinski definition) is 3. The Morgan fingerprint density at radius 1 is 1.44 bits per heavy atom. The van der Waals surface area contributed by atoms with Gasteiger partial charge in [-0.3, -0.25) is 4.79 Å². The molecule has 1 aromatic carbocycles. The number of fused-ring (bicyclic) bond motifs is 1. The van der Waals surface area contributed by atoms with E-state index in [9.17, 15) is 4.79 Å². The van der Waals surface area contributed by atoms with E-state index >= 15 is 0 Å². The molecule has 1 heterocycles. The lowest BCUT2D eigenvalue weighted by Gasteiger charge is -2.32. The van der Waals surface area contributed by atoms with Crippen molar-refractivity contribution in [2.45, 2.75) is 0 Å². The fraction of sp³-hybridized carbons (Fsp3) is 0.417. The van der Waals surface area contributed by atoms with Gasteiger partial charge in [0.1, 0.15) is 0 Å². The summed E-state index contributed by atoms with van der Waals surface area (Å²) in [5.41, 5.74) is 2.23. The molecule has 0 aromatic heterocycles. The van der Waals surface area contributed by atoms with Crippen LogP contribution < -0.4 is 10.2 Å². The molecule has 0 atom stereocenters. The predicted octanol–water partition coefficient (Wildman–Crippen LogP) is 1.01. The van der Waals surface area contributed by atoms with Gasteiger partial charge in [0.15, 0.2) is 0 Å². The van der Waals surface area contributed by atoms with E-state index in [2.05, 4.69) is 10.2 Å². The molecule has 1 amide bonds. The van der Waals surface area contributed by atoms with E-state index in [1.54, 1.807) is 19.0 Å². The zero-order valence-corrected chi connectivity index (χ0v) is 9.73. The molecule has 0 saturated heterocycles. The first-order valence-electron chi connectivity index (χ1n) is 5.46. The van der Waals surface area contributed by atoms with E-state index < -0.39 is 0 Å². The van der Waals surface area contributed by atoms with Crippen molar-refractivity contribution in [1.29, 1.82) is 0 Å². The highest BCUT2D eigenvalue weighted by Crippen LogP contribution is 2.27. The van der Waals surface area contributed by atoms with Crippen LogP contribution in [0.3, 0.4) is 0 Å². The van der Waals surface area contributed by atoms with Gasteiger partial charge in [-0.05, 0) is 12.1 Å². The van der Waals surface area contributed by atoms with Gasteiger partial charge in [-0.1, -0.05) is 12.1 Å². The number of benzene rings is 1. The molecular weight excluding hydrogens is 202 g/mol. The summed E-state index contributed by atoms with van der Waals surface area (Å²) in [6.07, 6.45) is 0. The largest absolute Gasteiger partial charge is 0.382 e. The smallest absolute Gasteiger partial charge is 0.241 e. The first-order chi connectivity index (χ1) is 7.68. The zero-order chi connectivity index (χ0) is 11.5. The fourth-order valence-corrected chi connectivity index (χ4v) is 1.81. The normalized spacial score (nSPS) is 14.0. The second-order valence-corrected chi connectivity index (χ2v) is 4.15. The summed E-state index contributed by atoms with van der Waals surface area (Å²) in [4.78, 5) is 15.4. The van der Waals surface area contributed by atoms with E-state index in [4.69, 9.17) is 0 Å². The average Bonchev–Trinajstić information content (AvgIpc) is 2.29. The second kappa shape index (κ2) is 4.43. The van der Waals surface area contributed by atoms with Gasteiger partial charge in [0.05, 0.1) is 17.9 Å². The Hall–Kier alpha value is -1.71. The van der Waals surface area contributed by atoms with Gasteiger partial charge >= 0.3 is 0 Å². The van der Waals surface area contributed by atoms with Gasteiger partial charge in [0, 0.05) is 27.2 Å². The molecular formula is C12H17N3O. The first-order valence-corrected chi connectivity index (χ1v) is 5.46. The molecule has 4 heteroatoms. The Labute approximate surface area is 95.8 Å². The summed E-state index contributed by atoms with van der Waals surface area (Å²) in [6.45, 7) is 2.21. The number of hydrogen-bond donors (Lipinski definition) is 1. The van der Waals surface area contributed by atoms with Crippen LogP contribution in [0.1, 0.15) is 0 Å². The van der Waals surface area contributed by atoms with Gasteiger partial charge in [0.25, 0.3) is 0 Å². The number of para-hydroxylation sites is 2. The van der Waals surface area contributed by atoms with E-state index in [-0.39, 0.29) is 5.91 Å². The van der Waals surface area contributed by atoms with Crippen molar-refractivity contribution in [2.75, 3.05) is 43.9 Å². The van der Waals surface area contributed by atoms with Crippen molar-refractivity contribution < 1.29 is 4.79 Å². The number of nitrogens with one attached hydrogen (secondary N) is 1. The van der Waals surface area contributed by atoms with Gasteiger partial charge in [-0.25, -0.2) is 0 Å². The van der Waals surface area contributed by atoms with Crippen molar-refractivity contribution >= 4 is 17.3 Å². The van der Waals surface area contributed by atoms with Crippen molar-refractivity contribution in [1.82, 2.24) is 4.90 Å². The van der Waals surface area contributed by atoms with Crippen LogP contribution in [0.2, 0.25) is 0 Å². The monoisotopic (exact) mass is 219 g/mol. The first kappa shape index (κ1) is 10.8. The molecule has 1 N–H and O–H groups in total. The highest BCUT2D eigenvalue weighted by Gasteiger charge is 2.18. The summed E-state index contributed by atoms with van der Waals surface area (Å²) in [6, 6.07) is 8.09. The van der Waals surface area contributed by atoms with Gasteiger partial charge < -0.3 is 15.1 Å². The molecule has 1 aliphatic heterocycles. The molecule has 4 nitrogen and oxygen atoms in total. The molecule has 86 valence electrons. The molecule has 1 aliphatic rings. The number of rotatable bonds is 2. The lowest BCUT2D eigenvalue weighted by Crippen LogP contribution is -2.41. The van der Waals surface area contributed by atoms with Crippen LogP contribution >= 0.6 is 0 Å². The SMILES string of the molecule is CN(C)C(=O)CN1CCNc2ccccc21. The Balaban J connectivity index is 2.16. The molecule has 0 fully saturated rings. The summed E-state index contributed by atoms with van der Waals surface area (Å²) < 4.78 is 0. The number of amides is 1. The van der Waals surface area contributed by atoms with E-state index in [1.807, 2.05) is 24.3 Å². The van der Waals surface area contributed by atoms with Crippen LogP contribution in [0.15, 0.2) is 24.3 Å². The molecule has 0 unspecified atom stereocenters. The van der Waals surface area contributed by atoms with E-state index in [0.717, 1.165) is 24.5 Å². The van der Waals surface area contributed by atoms with Gasteiger partial charge in [0.2, 0.25) is 5.91 Å². The summed E-state index contributed by atoms with van der Waals surface area (Å²) >= 11 is 0. The summed E-state index contributed by atoms with van der Waals surface area (Å²) in [7, 11) is 3.58. The summed E-state index contributed by atoms with van der Waals surface area (Å²) in [5.74, 6) is 0.136. The molecule has 2 rings (SSSR count). The molecule has 0 radical (unpaired) electrons. The van der Waals surface area contributed by atoms with Crippen LogP contribution in [0.5, 0.6) is 0 Å². The molecule has 0 saturated carbocycles. The van der Waals surface area contributed by atoms with Crippen LogP contribution in [0.25, 0.3) is 0 Å². The average molecular weight is 219 g/mol. The third-order valence-corrected chi connectivity index (χ3v) is 2.77. The predicted molar refractivity (Wildman–Crippen MR) is 65.8 cm³/mol. The minimum Gasteiger partial charge on any atom is -0.382 e. The fourth-order valence-electron chi connectivity index (χ4n) is 1.81. The van der Waals surface area contributed by atoms with Crippen molar-refractivity contribution in [2.24, 2.45) is 0 Å². The Morgan fingerprint density at radius 3 is 2.94 bits per heavy atom. The molecule has 0 spiro atoms.